The van der Waals surface area contributed by atoms with Crippen molar-refractivity contribution in [3.8, 4) is 0 Å². The van der Waals surface area contributed by atoms with Crippen molar-refractivity contribution in [2.75, 3.05) is 0 Å². The molecule has 5 nitrogen and oxygen atoms in total. The van der Waals surface area contributed by atoms with Crippen LogP contribution in [-0.4, -0.2) is 15.5 Å². The van der Waals surface area contributed by atoms with E-state index in [2.05, 4.69) is 10.3 Å². The highest BCUT2D eigenvalue weighted by Crippen LogP contribution is 2.20. The molecular weight excluding hydrogens is 302 g/mol. The molecule has 3 aromatic rings. The van der Waals surface area contributed by atoms with Gasteiger partial charge in [-0.2, -0.15) is 0 Å². The molecule has 24 heavy (non-hydrogen) atoms. The van der Waals surface area contributed by atoms with Gasteiger partial charge in [-0.1, -0.05) is 36.4 Å². The average Bonchev–Trinajstić information content (AvgIpc) is 2.63. The summed E-state index contributed by atoms with van der Waals surface area (Å²) < 4.78 is 1.42. The summed E-state index contributed by atoms with van der Waals surface area (Å²) in [6, 6.07) is 17.7. The van der Waals surface area contributed by atoms with E-state index in [1.807, 2.05) is 48.5 Å². The van der Waals surface area contributed by atoms with E-state index in [0.717, 1.165) is 11.3 Å². The van der Waals surface area contributed by atoms with E-state index in [9.17, 15) is 9.59 Å². The van der Waals surface area contributed by atoms with Crippen LogP contribution in [0.1, 0.15) is 27.7 Å². The standard InChI is InChI=1S/C19H17N3O2/c1-22-12-10-15(13-17(22)23)19(24)21-18(14-7-3-2-4-8-14)16-9-5-6-11-20-16/h2-13,18H,1H3,(H,21,24). The molecule has 0 aliphatic rings. The third-order valence-corrected chi connectivity index (χ3v) is 3.76. The summed E-state index contributed by atoms with van der Waals surface area (Å²) in [5.74, 6) is -0.313. The maximum Gasteiger partial charge on any atom is 0.252 e. The number of aromatic nitrogens is 2. The number of aryl methyl sites for hydroxylation is 1. The summed E-state index contributed by atoms with van der Waals surface area (Å²) in [4.78, 5) is 28.7. The molecule has 0 saturated carbocycles. The molecule has 3 rings (SSSR count). The van der Waals surface area contributed by atoms with Gasteiger partial charge in [0.2, 0.25) is 0 Å². The molecular formula is C19H17N3O2. The Balaban J connectivity index is 1.93. The third kappa shape index (κ3) is 3.41. The largest absolute Gasteiger partial charge is 0.340 e. The van der Waals surface area contributed by atoms with Crippen molar-refractivity contribution in [3.05, 3.63) is 100 Å². The maximum absolute atomic E-state index is 12.6. The van der Waals surface area contributed by atoms with Gasteiger partial charge < -0.3 is 9.88 Å². The van der Waals surface area contributed by atoms with Crippen molar-refractivity contribution >= 4 is 5.91 Å². The van der Waals surface area contributed by atoms with Crippen LogP contribution in [0.25, 0.3) is 0 Å². The minimum absolute atomic E-state index is 0.225. The molecule has 0 aliphatic carbocycles. The molecule has 0 aliphatic heterocycles. The van der Waals surface area contributed by atoms with Gasteiger partial charge in [-0.25, -0.2) is 0 Å². The van der Waals surface area contributed by atoms with Crippen molar-refractivity contribution in [1.82, 2.24) is 14.9 Å². The van der Waals surface area contributed by atoms with Crippen LogP contribution in [0.3, 0.4) is 0 Å². The van der Waals surface area contributed by atoms with Gasteiger partial charge in [-0.15, -0.1) is 0 Å². The number of rotatable bonds is 4. The SMILES string of the molecule is Cn1ccc(C(=O)NC(c2ccccc2)c2ccccn2)cc1=O. The molecule has 0 radical (unpaired) electrons. The quantitative estimate of drug-likeness (QED) is 0.802. The zero-order valence-electron chi connectivity index (χ0n) is 13.2. The molecule has 2 heterocycles. The Morgan fingerprint density at radius 2 is 1.83 bits per heavy atom. The van der Waals surface area contributed by atoms with Gasteiger partial charge >= 0.3 is 0 Å². The van der Waals surface area contributed by atoms with Gasteiger partial charge in [-0.05, 0) is 23.8 Å². The Kier molecular flexibility index (Phi) is 4.52. The zero-order chi connectivity index (χ0) is 16.9. The summed E-state index contributed by atoms with van der Waals surface area (Å²) in [5.41, 5.74) is 1.76. The second kappa shape index (κ2) is 6.91. The molecule has 0 fully saturated rings. The van der Waals surface area contributed by atoms with Crippen molar-refractivity contribution in [1.29, 1.82) is 0 Å². The van der Waals surface area contributed by atoms with Gasteiger partial charge in [0, 0.05) is 31.1 Å². The molecule has 1 aromatic carbocycles. The predicted molar refractivity (Wildman–Crippen MR) is 91.7 cm³/mol. The molecule has 0 saturated heterocycles. The Bertz CT molecular complexity index is 850. The van der Waals surface area contributed by atoms with Crippen LogP contribution in [-0.2, 0) is 7.05 Å². The van der Waals surface area contributed by atoms with Crippen LogP contribution in [0.4, 0.5) is 0 Å². The molecule has 120 valence electrons. The first-order valence-corrected chi connectivity index (χ1v) is 7.58. The number of pyridine rings is 2. The van der Waals surface area contributed by atoms with Gasteiger partial charge in [0.25, 0.3) is 11.5 Å². The third-order valence-electron chi connectivity index (χ3n) is 3.76. The summed E-state index contributed by atoms with van der Waals surface area (Å²) in [5, 5.41) is 2.96. The van der Waals surface area contributed by atoms with Gasteiger partial charge in [0.1, 0.15) is 0 Å². The van der Waals surface area contributed by atoms with Crippen LogP contribution in [0.5, 0.6) is 0 Å². The molecule has 1 N–H and O–H groups in total. The van der Waals surface area contributed by atoms with Gasteiger partial charge in [0.05, 0.1) is 11.7 Å². The summed E-state index contributed by atoms with van der Waals surface area (Å²) >= 11 is 0. The number of hydrogen-bond acceptors (Lipinski definition) is 3. The lowest BCUT2D eigenvalue weighted by molar-refractivity contribution is 0.0942. The summed E-state index contributed by atoms with van der Waals surface area (Å²) in [6.07, 6.45) is 3.27. The lowest BCUT2D eigenvalue weighted by Gasteiger charge is -2.19. The predicted octanol–water partition coefficient (Wildman–Crippen LogP) is 2.30. The Hall–Kier alpha value is -3.21. The second-order valence-corrected chi connectivity index (χ2v) is 5.44. The average molecular weight is 319 g/mol. The van der Waals surface area contributed by atoms with Crippen LogP contribution in [0, 0.1) is 0 Å². The van der Waals surface area contributed by atoms with Crippen molar-refractivity contribution in [2.45, 2.75) is 6.04 Å². The van der Waals surface area contributed by atoms with Crippen molar-refractivity contribution in [2.24, 2.45) is 7.05 Å². The minimum atomic E-state index is -0.385. The van der Waals surface area contributed by atoms with Crippen LogP contribution in [0.15, 0.2) is 77.9 Å². The monoisotopic (exact) mass is 319 g/mol. The van der Waals surface area contributed by atoms with Gasteiger partial charge in [-0.3, -0.25) is 14.6 Å². The molecule has 1 atom stereocenters. The van der Waals surface area contributed by atoms with E-state index in [0.29, 0.717) is 5.56 Å². The number of hydrogen-bond donors (Lipinski definition) is 1. The number of carbonyl (C=O) groups is 1. The van der Waals surface area contributed by atoms with Gasteiger partial charge in [0.15, 0.2) is 0 Å². The topological polar surface area (TPSA) is 64.0 Å². The fourth-order valence-corrected chi connectivity index (χ4v) is 2.42. The Morgan fingerprint density at radius 3 is 2.50 bits per heavy atom. The Labute approximate surface area is 139 Å². The number of carbonyl (C=O) groups excluding carboxylic acids is 1. The first kappa shape index (κ1) is 15.7. The summed E-state index contributed by atoms with van der Waals surface area (Å²) in [6.45, 7) is 0. The molecule has 0 spiro atoms. The molecule has 1 amide bonds. The molecule has 5 heteroatoms. The lowest BCUT2D eigenvalue weighted by Crippen LogP contribution is -2.31. The lowest BCUT2D eigenvalue weighted by atomic mass is 10.0. The number of nitrogens with zero attached hydrogens (tertiary/aromatic N) is 2. The van der Waals surface area contributed by atoms with E-state index < -0.39 is 0 Å². The first-order valence-electron chi connectivity index (χ1n) is 7.58. The highest BCUT2D eigenvalue weighted by molar-refractivity contribution is 5.94. The summed E-state index contributed by atoms with van der Waals surface area (Å²) in [7, 11) is 1.64. The fourth-order valence-electron chi connectivity index (χ4n) is 2.42. The van der Waals surface area contributed by atoms with E-state index in [1.54, 1.807) is 25.5 Å². The van der Waals surface area contributed by atoms with Crippen LogP contribution in [0.2, 0.25) is 0 Å². The highest BCUT2D eigenvalue weighted by atomic mass is 16.2. The zero-order valence-corrected chi connectivity index (χ0v) is 13.2. The normalized spacial score (nSPS) is 11.7. The first-order chi connectivity index (χ1) is 11.6. The highest BCUT2D eigenvalue weighted by Gasteiger charge is 2.19. The van der Waals surface area contributed by atoms with Crippen molar-refractivity contribution < 1.29 is 4.79 Å². The molecule has 1 unspecified atom stereocenters. The Morgan fingerprint density at radius 1 is 1.08 bits per heavy atom. The van der Waals surface area contributed by atoms with E-state index >= 15 is 0 Å². The molecule has 2 aromatic heterocycles. The van der Waals surface area contributed by atoms with E-state index in [1.165, 1.54) is 10.6 Å². The minimum Gasteiger partial charge on any atom is -0.340 e. The second-order valence-electron chi connectivity index (χ2n) is 5.44. The van der Waals surface area contributed by atoms with E-state index in [4.69, 9.17) is 0 Å². The number of amides is 1. The fraction of sp³-hybridized carbons (Fsp3) is 0.105. The smallest absolute Gasteiger partial charge is 0.252 e. The molecule has 0 bridgehead atoms. The van der Waals surface area contributed by atoms with Crippen molar-refractivity contribution in [3.63, 3.8) is 0 Å². The van der Waals surface area contributed by atoms with E-state index in [-0.39, 0.29) is 17.5 Å². The number of nitrogens with one attached hydrogen (secondary N) is 1. The maximum atomic E-state index is 12.6. The number of benzene rings is 1. The van der Waals surface area contributed by atoms with Crippen LogP contribution < -0.4 is 10.9 Å². The van der Waals surface area contributed by atoms with Crippen LogP contribution >= 0.6 is 0 Å².